The van der Waals surface area contributed by atoms with E-state index < -0.39 is 49.5 Å². The lowest BCUT2D eigenvalue weighted by Gasteiger charge is -2.43. The van der Waals surface area contributed by atoms with Crippen molar-refractivity contribution in [3.05, 3.63) is 12.7 Å². The Morgan fingerprint density at radius 3 is 2.31 bits per heavy atom. The van der Waals surface area contributed by atoms with Gasteiger partial charge in [-0.2, -0.15) is 0 Å². The summed E-state index contributed by atoms with van der Waals surface area (Å²) in [6.07, 6.45) is -1.38. The van der Waals surface area contributed by atoms with Crippen LogP contribution in [0.15, 0.2) is 12.7 Å². The van der Waals surface area contributed by atoms with Crippen LogP contribution in [0.3, 0.4) is 0 Å². The average molecular weight is 431 g/mol. The minimum absolute atomic E-state index is 0.0335. The normalized spacial score (nSPS) is 15.2. The third-order valence-corrected chi connectivity index (χ3v) is 6.88. The molecule has 162 valence electrons. The minimum atomic E-state index is -4.87. The molecule has 0 amide bonds. The molecule has 0 aromatic carbocycles. The molecular formula is C16H26N5O7P. The van der Waals surface area contributed by atoms with Gasteiger partial charge >= 0.3 is 7.60 Å². The second-order valence-corrected chi connectivity index (χ2v) is 9.06. The Hall–Kier alpha value is -1.95. The number of aromatic nitrogens is 4. The molecule has 2 rings (SSSR count). The van der Waals surface area contributed by atoms with E-state index in [4.69, 9.17) is 10.5 Å². The Kier molecular flexibility index (Phi) is 6.78. The lowest BCUT2D eigenvalue weighted by atomic mass is 9.94. The highest BCUT2D eigenvalue weighted by atomic mass is 31.2. The van der Waals surface area contributed by atoms with Crippen LogP contribution in [0.2, 0.25) is 0 Å². The van der Waals surface area contributed by atoms with Crippen molar-refractivity contribution >= 4 is 30.5 Å². The van der Waals surface area contributed by atoms with Crippen LogP contribution in [0.4, 0.5) is 5.82 Å². The Labute approximate surface area is 166 Å². The molecule has 13 heteroatoms. The molecule has 0 saturated carbocycles. The molecule has 0 aliphatic heterocycles. The molecule has 2 heterocycles. The smallest absolute Gasteiger partial charge is 0.357 e. The number of rotatable bonds is 8. The summed E-state index contributed by atoms with van der Waals surface area (Å²) in [6, 6.07) is 0. The third-order valence-electron chi connectivity index (χ3n) is 4.83. The average Bonchev–Trinajstić information content (AvgIpc) is 3.05. The summed E-state index contributed by atoms with van der Waals surface area (Å²) in [5.41, 5.74) is 5.85. The topological polar surface area (TPSA) is 194 Å². The first-order chi connectivity index (χ1) is 13.4. The zero-order valence-corrected chi connectivity index (χ0v) is 17.4. The van der Waals surface area contributed by atoms with Crippen molar-refractivity contribution in [3.63, 3.8) is 0 Å². The van der Waals surface area contributed by atoms with E-state index in [1.807, 2.05) is 0 Å². The van der Waals surface area contributed by atoms with Gasteiger partial charge < -0.3 is 30.5 Å². The van der Waals surface area contributed by atoms with E-state index in [2.05, 4.69) is 15.0 Å². The summed E-state index contributed by atoms with van der Waals surface area (Å²) < 4.78 is 18.8. The predicted octanol–water partition coefficient (Wildman–Crippen LogP) is -0.0269. The van der Waals surface area contributed by atoms with Crippen LogP contribution in [0, 0.1) is 11.8 Å². The fourth-order valence-electron chi connectivity index (χ4n) is 3.44. The predicted molar refractivity (Wildman–Crippen MR) is 103 cm³/mol. The molecule has 2 atom stereocenters. The van der Waals surface area contributed by atoms with E-state index in [1.54, 1.807) is 27.7 Å². The van der Waals surface area contributed by atoms with Crippen molar-refractivity contribution in [2.75, 3.05) is 12.3 Å². The van der Waals surface area contributed by atoms with Gasteiger partial charge in [-0.1, -0.05) is 27.7 Å². The number of anilines is 1. The standard InChI is InChI=1S/C16H26N5O7P/c1-8(2)16(9(3)4,29(25,26)27)28-10(5-22)12(23)15(24)21-7-20-11-13(17)18-6-19-14(11)21/h6-10,12,22-23H,5H2,1-4H3,(H2,17,18,19)(H2,25,26,27)/t10-,12+/m1/s1. The van der Waals surface area contributed by atoms with Crippen molar-refractivity contribution in [2.24, 2.45) is 11.8 Å². The maximum Gasteiger partial charge on any atom is 0.357 e. The number of hydrogen-bond donors (Lipinski definition) is 5. The van der Waals surface area contributed by atoms with Gasteiger partial charge in [0.2, 0.25) is 0 Å². The molecule has 0 unspecified atom stereocenters. The first-order valence-corrected chi connectivity index (χ1v) is 10.5. The second-order valence-electron chi connectivity index (χ2n) is 7.27. The number of carbonyl (C=O) groups is 1. The van der Waals surface area contributed by atoms with Crippen molar-refractivity contribution in [3.8, 4) is 0 Å². The molecule has 0 radical (unpaired) electrons. The Morgan fingerprint density at radius 2 is 1.83 bits per heavy atom. The number of nitrogen functional groups attached to an aromatic ring is 1. The minimum Gasteiger partial charge on any atom is -0.394 e. The molecule has 29 heavy (non-hydrogen) atoms. The largest absolute Gasteiger partial charge is 0.394 e. The van der Waals surface area contributed by atoms with Crippen LogP contribution in [0.5, 0.6) is 0 Å². The molecule has 12 nitrogen and oxygen atoms in total. The summed E-state index contributed by atoms with van der Waals surface area (Å²) in [7, 11) is -4.87. The number of aliphatic hydroxyl groups excluding tert-OH is 2. The molecule has 0 aliphatic carbocycles. The van der Waals surface area contributed by atoms with Gasteiger partial charge in [-0.3, -0.25) is 13.9 Å². The van der Waals surface area contributed by atoms with Crippen molar-refractivity contribution in [2.45, 2.75) is 45.2 Å². The van der Waals surface area contributed by atoms with Gasteiger partial charge in [-0.15, -0.1) is 0 Å². The van der Waals surface area contributed by atoms with Gasteiger partial charge in [0, 0.05) is 0 Å². The molecular weight excluding hydrogens is 405 g/mol. The first kappa shape index (κ1) is 23.3. The van der Waals surface area contributed by atoms with Gasteiger partial charge in [-0.25, -0.2) is 15.0 Å². The van der Waals surface area contributed by atoms with Crippen molar-refractivity contribution in [1.29, 1.82) is 0 Å². The van der Waals surface area contributed by atoms with E-state index in [-0.39, 0.29) is 17.0 Å². The van der Waals surface area contributed by atoms with E-state index in [0.717, 1.165) is 17.2 Å². The fraction of sp³-hybridized carbons (Fsp3) is 0.625. The summed E-state index contributed by atoms with van der Waals surface area (Å²) in [4.78, 5) is 44.4. The van der Waals surface area contributed by atoms with Crippen LogP contribution >= 0.6 is 7.60 Å². The van der Waals surface area contributed by atoms with Gasteiger partial charge in [0.15, 0.2) is 28.4 Å². The number of nitrogens with zero attached hydrogens (tertiary/aromatic N) is 4. The van der Waals surface area contributed by atoms with Crippen molar-refractivity contribution in [1.82, 2.24) is 19.5 Å². The van der Waals surface area contributed by atoms with Gasteiger partial charge in [0.1, 0.15) is 18.8 Å². The van der Waals surface area contributed by atoms with Crippen LogP contribution < -0.4 is 5.73 Å². The Bertz CT molecular complexity index is 918. The number of imidazole rings is 1. The molecule has 0 fully saturated rings. The van der Waals surface area contributed by atoms with E-state index in [9.17, 15) is 29.4 Å². The van der Waals surface area contributed by atoms with Gasteiger partial charge in [-0.05, 0) is 11.8 Å². The van der Waals surface area contributed by atoms with E-state index in [0.29, 0.717) is 0 Å². The molecule has 2 aromatic rings. The van der Waals surface area contributed by atoms with Crippen LogP contribution in [0.1, 0.15) is 32.5 Å². The van der Waals surface area contributed by atoms with E-state index >= 15 is 0 Å². The zero-order valence-electron chi connectivity index (χ0n) is 16.5. The third kappa shape index (κ3) is 4.04. The number of ether oxygens (including phenoxy) is 1. The van der Waals surface area contributed by atoms with Gasteiger partial charge in [0.25, 0.3) is 5.91 Å². The van der Waals surface area contributed by atoms with Crippen LogP contribution in [0.25, 0.3) is 11.2 Å². The Balaban J connectivity index is 2.43. The lowest BCUT2D eigenvalue weighted by molar-refractivity contribution is -0.146. The molecule has 6 N–H and O–H groups in total. The SMILES string of the molecule is CC(C)C(O[C@H](CO)[C@H](O)C(=O)n1cnc2c(N)ncnc21)(C(C)C)P(=O)(O)O. The summed E-state index contributed by atoms with van der Waals surface area (Å²) in [5, 5.41) is 18.3. The monoisotopic (exact) mass is 431 g/mol. The summed E-state index contributed by atoms with van der Waals surface area (Å²) in [6.45, 7) is 5.32. The first-order valence-electron chi connectivity index (χ1n) is 8.88. The highest BCUT2D eigenvalue weighted by Crippen LogP contribution is 2.59. The molecule has 0 spiro atoms. The number of carbonyl (C=O) groups excluding carboxylic acids is 1. The lowest BCUT2D eigenvalue weighted by Crippen LogP contribution is -2.51. The highest BCUT2D eigenvalue weighted by molar-refractivity contribution is 7.53. The molecule has 0 saturated heterocycles. The fourth-order valence-corrected chi connectivity index (χ4v) is 5.06. The maximum atomic E-state index is 12.8. The number of aliphatic hydroxyl groups is 2. The molecule has 0 aliphatic rings. The number of fused-ring (bicyclic) bond motifs is 1. The number of nitrogens with two attached hydrogens (primary N) is 1. The zero-order chi connectivity index (χ0) is 22.1. The summed E-state index contributed by atoms with van der Waals surface area (Å²) in [5.74, 6) is -2.31. The molecule has 0 bridgehead atoms. The van der Waals surface area contributed by atoms with E-state index in [1.165, 1.54) is 0 Å². The van der Waals surface area contributed by atoms with Crippen LogP contribution in [-0.2, 0) is 9.30 Å². The van der Waals surface area contributed by atoms with Gasteiger partial charge in [0.05, 0.1) is 6.61 Å². The second kappa shape index (κ2) is 8.42. The van der Waals surface area contributed by atoms with Crippen molar-refractivity contribution < 1.29 is 34.1 Å². The Morgan fingerprint density at radius 1 is 1.24 bits per heavy atom. The highest BCUT2D eigenvalue weighted by Gasteiger charge is 2.55. The quantitative estimate of drug-likeness (QED) is 0.352. The molecule has 2 aromatic heterocycles. The maximum absolute atomic E-state index is 12.8. The summed E-state index contributed by atoms with van der Waals surface area (Å²) >= 11 is 0. The van der Waals surface area contributed by atoms with Crippen LogP contribution in [-0.4, -0.2) is 69.6 Å². The number of hydrogen-bond acceptors (Lipinski definition) is 9.